The minimum Gasteiger partial charge on any atom is -0.497 e. The van der Waals surface area contributed by atoms with Gasteiger partial charge in [-0.05, 0) is 35.5 Å². The predicted molar refractivity (Wildman–Crippen MR) is 115 cm³/mol. The summed E-state index contributed by atoms with van der Waals surface area (Å²) in [5.74, 6) is 0.835. The van der Waals surface area contributed by atoms with Gasteiger partial charge in [-0.3, -0.25) is 9.69 Å². The third-order valence-electron chi connectivity index (χ3n) is 4.75. The molecule has 32 heavy (non-hydrogen) atoms. The fourth-order valence-corrected chi connectivity index (χ4v) is 2.93. The van der Waals surface area contributed by atoms with Gasteiger partial charge in [0.25, 0.3) is 5.91 Å². The molecule has 3 aromatic rings. The van der Waals surface area contributed by atoms with E-state index >= 15 is 0 Å². The van der Waals surface area contributed by atoms with E-state index < -0.39 is 5.91 Å². The minimum absolute atomic E-state index is 0.0345. The molecule has 2 heterocycles. The van der Waals surface area contributed by atoms with E-state index in [0.717, 1.165) is 13.1 Å². The summed E-state index contributed by atoms with van der Waals surface area (Å²) < 4.78 is 16.5. The number of nitrogen functional groups attached to an aromatic ring is 1. The first-order valence-corrected chi connectivity index (χ1v) is 9.83. The fourth-order valence-electron chi connectivity index (χ4n) is 2.93. The molecule has 0 fully saturated rings. The molecule has 13 heteroatoms. The standard InChI is InChI=1S/C19H25N9O4/c1-5-27(6-2)11-14-16(22-26-28(14)18-17(20)24-32-25-18)19(29)23-21-10-12-7-8-13(30-3)9-15(12)31-4/h7-10H,5-6,11H2,1-4H3,(H2,20,24)(H,23,29)/b21-10+. The maximum absolute atomic E-state index is 12.8. The normalized spacial score (nSPS) is 11.3. The molecular formula is C19H25N9O4. The number of carbonyl (C=O) groups excluding carboxylic acids is 1. The van der Waals surface area contributed by atoms with Crippen molar-refractivity contribution in [2.75, 3.05) is 33.0 Å². The number of benzene rings is 1. The molecule has 0 atom stereocenters. The van der Waals surface area contributed by atoms with Crippen LogP contribution in [0.3, 0.4) is 0 Å². The van der Waals surface area contributed by atoms with Gasteiger partial charge in [0.05, 0.1) is 26.1 Å². The second-order valence-electron chi connectivity index (χ2n) is 6.54. The highest BCUT2D eigenvalue weighted by molar-refractivity contribution is 5.94. The van der Waals surface area contributed by atoms with Crippen molar-refractivity contribution >= 4 is 17.9 Å². The number of nitrogens with two attached hydrogens (primary N) is 1. The van der Waals surface area contributed by atoms with Gasteiger partial charge in [-0.25, -0.2) is 10.1 Å². The van der Waals surface area contributed by atoms with Gasteiger partial charge in [-0.2, -0.15) is 9.78 Å². The summed E-state index contributed by atoms with van der Waals surface area (Å²) >= 11 is 0. The topological polar surface area (TPSA) is 159 Å². The molecule has 2 aromatic heterocycles. The first-order valence-electron chi connectivity index (χ1n) is 9.83. The first-order chi connectivity index (χ1) is 15.5. The first kappa shape index (κ1) is 22.7. The molecule has 170 valence electrons. The van der Waals surface area contributed by atoms with Crippen molar-refractivity contribution in [3.8, 4) is 17.3 Å². The average Bonchev–Trinajstić information content (AvgIpc) is 3.42. The number of methoxy groups -OCH3 is 2. The molecule has 0 radical (unpaired) electrons. The van der Waals surface area contributed by atoms with Crippen LogP contribution in [0.1, 0.15) is 35.6 Å². The maximum Gasteiger partial charge on any atom is 0.293 e. The molecule has 3 rings (SSSR count). The van der Waals surface area contributed by atoms with Crippen LogP contribution in [0.2, 0.25) is 0 Å². The van der Waals surface area contributed by atoms with Crippen molar-refractivity contribution in [3.05, 3.63) is 35.2 Å². The average molecular weight is 443 g/mol. The van der Waals surface area contributed by atoms with Crippen molar-refractivity contribution < 1.29 is 18.9 Å². The molecule has 0 aliphatic heterocycles. The van der Waals surface area contributed by atoms with E-state index in [-0.39, 0.29) is 17.3 Å². The molecule has 1 amide bonds. The Morgan fingerprint density at radius 3 is 2.69 bits per heavy atom. The van der Waals surface area contributed by atoms with Crippen LogP contribution in [0.5, 0.6) is 11.5 Å². The van der Waals surface area contributed by atoms with Crippen LogP contribution in [-0.4, -0.2) is 69.6 Å². The SMILES string of the molecule is CCN(CC)Cc1c(C(=O)N/N=C/c2ccc(OC)cc2OC)nnn1-c1nonc1N. The molecule has 0 saturated heterocycles. The molecule has 0 unspecified atom stereocenters. The number of hydrogen-bond acceptors (Lipinski definition) is 11. The Morgan fingerprint density at radius 1 is 1.28 bits per heavy atom. The van der Waals surface area contributed by atoms with Crippen LogP contribution in [0, 0.1) is 0 Å². The van der Waals surface area contributed by atoms with E-state index in [1.54, 1.807) is 25.3 Å². The van der Waals surface area contributed by atoms with Crippen LogP contribution in [0.15, 0.2) is 27.9 Å². The number of hydrazone groups is 1. The highest BCUT2D eigenvalue weighted by Crippen LogP contribution is 2.23. The third-order valence-corrected chi connectivity index (χ3v) is 4.75. The lowest BCUT2D eigenvalue weighted by atomic mass is 10.2. The molecule has 0 aliphatic carbocycles. The van der Waals surface area contributed by atoms with Crippen LogP contribution >= 0.6 is 0 Å². The second kappa shape index (κ2) is 10.3. The van der Waals surface area contributed by atoms with E-state index in [2.05, 4.69) is 40.7 Å². The molecular weight excluding hydrogens is 418 g/mol. The number of hydrogen-bond donors (Lipinski definition) is 2. The number of nitrogens with one attached hydrogen (secondary N) is 1. The van der Waals surface area contributed by atoms with E-state index in [4.69, 9.17) is 15.2 Å². The number of aromatic nitrogens is 5. The number of ether oxygens (including phenoxy) is 2. The van der Waals surface area contributed by atoms with E-state index in [1.807, 2.05) is 13.8 Å². The van der Waals surface area contributed by atoms with Gasteiger partial charge in [-0.15, -0.1) is 5.10 Å². The number of anilines is 1. The summed E-state index contributed by atoms with van der Waals surface area (Å²) in [6, 6.07) is 5.24. The Kier molecular flexibility index (Phi) is 7.33. The van der Waals surface area contributed by atoms with Crippen molar-refractivity contribution in [1.82, 2.24) is 35.6 Å². The zero-order chi connectivity index (χ0) is 23.1. The smallest absolute Gasteiger partial charge is 0.293 e. The van der Waals surface area contributed by atoms with Crippen molar-refractivity contribution in [3.63, 3.8) is 0 Å². The van der Waals surface area contributed by atoms with Gasteiger partial charge in [0.2, 0.25) is 11.6 Å². The van der Waals surface area contributed by atoms with Crippen molar-refractivity contribution in [1.29, 1.82) is 0 Å². The Bertz CT molecular complexity index is 1090. The zero-order valence-electron chi connectivity index (χ0n) is 18.3. The highest BCUT2D eigenvalue weighted by atomic mass is 16.6. The number of amides is 1. The van der Waals surface area contributed by atoms with Crippen LogP contribution in [0.25, 0.3) is 5.82 Å². The maximum atomic E-state index is 12.8. The van der Waals surface area contributed by atoms with Crippen LogP contribution in [0.4, 0.5) is 5.82 Å². The molecule has 0 aliphatic rings. The van der Waals surface area contributed by atoms with Gasteiger partial charge >= 0.3 is 0 Å². The van der Waals surface area contributed by atoms with Gasteiger partial charge in [0.15, 0.2) is 5.69 Å². The third kappa shape index (κ3) is 4.83. The Morgan fingerprint density at radius 2 is 2.06 bits per heavy atom. The molecule has 1 aromatic carbocycles. The highest BCUT2D eigenvalue weighted by Gasteiger charge is 2.25. The lowest BCUT2D eigenvalue weighted by molar-refractivity contribution is 0.0948. The number of nitrogens with zero attached hydrogens (tertiary/aromatic N) is 7. The number of rotatable bonds is 10. The summed E-state index contributed by atoms with van der Waals surface area (Å²) in [7, 11) is 3.10. The van der Waals surface area contributed by atoms with Gasteiger partial charge < -0.3 is 15.2 Å². The monoisotopic (exact) mass is 443 g/mol. The summed E-state index contributed by atoms with van der Waals surface area (Å²) in [5, 5.41) is 19.4. The second-order valence-corrected chi connectivity index (χ2v) is 6.54. The van der Waals surface area contributed by atoms with Gasteiger partial charge in [0.1, 0.15) is 11.5 Å². The van der Waals surface area contributed by atoms with E-state index in [0.29, 0.717) is 29.3 Å². The summed E-state index contributed by atoms with van der Waals surface area (Å²) in [4.78, 5) is 14.9. The summed E-state index contributed by atoms with van der Waals surface area (Å²) in [6.07, 6.45) is 1.46. The molecule has 13 nitrogen and oxygen atoms in total. The fraction of sp³-hybridized carbons (Fsp3) is 0.368. The van der Waals surface area contributed by atoms with Crippen molar-refractivity contribution in [2.45, 2.75) is 20.4 Å². The van der Waals surface area contributed by atoms with Gasteiger partial charge in [0, 0.05) is 18.2 Å². The summed E-state index contributed by atoms with van der Waals surface area (Å²) in [6.45, 7) is 5.91. The predicted octanol–water partition coefficient (Wildman–Crippen LogP) is 0.855. The Hall–Kier alpha value is -4.00. The molecule has 0 saturated carbocycles. The van der Waals surface area contributed by atoms with Crippen molar-refractivity contribution in [2.24, 2.45) is 5.10 Å². The molecule has 3 N–H and O–H groups in total. The van der Waals surface area contributed by atoms with E-state index in [9.17, 15) is 4.79 Å². The lowest BCUT2D eigenvalue weighted by Gasteiger charge is -2.18. The van der Waals surface area contributed by atoms with E-state index in [1.165, 1.54) is 18.0 Å². The van der Waals surface area contributed by atoms with Crippen LogP contribution in [-0.2, 0) is 6.54 Å². The minimum atomic E-state index is -0.544. The summed E-state index contributed by atoms with van der Waals surface area (Å²) in [5.41, 5.74) is 9.48. The van der Waals surface area contributed by atoms with Gasteiger partial charge in [-0.1, -0.05) is 19.1 Å². The lowest BCUT2D eigenvalue weighted by Crippen LogP contribution is -2.27. The zero-order valence-corrected chi connectivity index (χ0v) is 18.3. The van der Waals surface area contributed by atoms with Crippen LogP contribution < -0.4 is 20.6 Å². The number of carbonyl (C=O) groups is 1. The Labute approximate surface area is 184 Å². The molecule has 0 bridgehead atoms. The molecule has 0 spiro atoms. The largest absolute Gasteiger partial charge is 0.497 e. The Balaban J connectivity index is 1.85. The quantitative estimate of drug-likeness (QED) is 0.340.